The number of nitrogens with zero attached hydrogens (tertiary/aromatic N) is 3. The van der Waals surface area contributed by atoms with Crippen molar-refractivity contribution in [2.75, 3.05) is 19.6 Å². The first-order valence-electron chi connectivity index (χ1n) is 6.47. The van der Waals surface area contributed by atoms with Gasteiger partial charge in [0.1, 0.15) is 0 Å². The molecule has 1 amide bonds. The van der Waals surface area contributed by atoms with Crippen LogP contribution in [0.3, 0.4) is 0 Å². The van der Waals surface area contributed by atoms with Gasteiger partial charge in [0.15, 0.2) is 5.69 Å². The van der Waals surface area contributed by atoms with E-state index in [4.69, 9.17) is 0 Å². The molecule has 1 saturated heterocycles. The Morgan fingerprint density at radius 1 is 1.67 bits per heavy atom. The van der Waals surface area contributed by atoms with Gasteiger partial charge in [-0.05, 0) is 25.3 Å². The first kappa shape index (κ1) is 13.4. The number of carbonyl (C=O) groups excluding carboxylic acids is 1. The van der Waals surface area contributed by atoms with Crippen LogP contribution in [0.15, 0.2) is 6.20 Å². The van der Waals surface area contributed by atoms with Crippen molar-refractivity contribution in [3.63, 3.8) is 0 Å². The number of rotatable bonds is 5. The van der Waals surface area contributed by atoms with Crippen molar-refractivity contribution in [1.82, 2.24) is 19.0 Å². The fourth-order valence-electron chi connectivity index (χ4n) is 2.28. The Hall–Kier alpha value is -1.01. The summed E-state index contributed by atoms with van der Waals surface area (Å²) in [6.45, 7) is 6.86. The van der Waals surface area contributed by atoms with E-state index in [1.54, 1.807) is 6.20 Å². The van der Waals surface area contributed by atoms with Crippen LogP contribution in [0, 0.1) is 5.92 Å². The number of hydrogen-bond donors (Lipinski definition) is 1. The van der Waals surface area contributed by atoms with E-state index in [0.29, 0.717) is 17.7 Å². The van der Waals surface area contributed by atoms with Gasteiger partial charge in [-0.25, -0.2) is 0 Å². The summed E-state index contributed by atoms with van der Waals surface area (Å²) in [5, 5.41) is 3.43. The molecule has 1 aromatic heterocycles. The minimum Gasteiger partial charge on any atom is -0.335 e. The summed E-state index contributed by atoms with van der Waals surface area (Å²) >= 11 is 1.08. The number of aromatic nitrogens is 2. The summed E-state index contributed by atoms with van der Waals surface area (Å²) in [6, 6.07) is 0.430. The zero-order valence-corrected chi connectivity index (χ0v) is 11.7. The molecule has 6 heteroatoms. The predicted molar refractivity (Wildman–Crippen MR) is 71.7 cm³/mol. The van der Waals surface area contributed by atoms with Gasteiger partial charge in [0.25, 0.3) is 5.91 Å². The second kappa shape index (κ2) is 6.24. The van der Waals surface area contributed by atoms with Crippen LogP contribution in [-0.4, -0.2) is 45.2 Å². The maximum absolute atomic E-state index is 12.3. The standard InChI is InChI=1S/C12H20N4OS/c1-9(2)7-16(8-10-4-3-5-13-10)12(17)11-6-14-18-15-11/h6,9-10,13H,3-5,7-8H2,1-2H3. The van der Waals surface area contributed by atoms with Gasteiger partial charge in [0.05, 0.1) is 17.9 Å². The van der Waals surface area contributed by atoms with E-state index in [0.717, 1.165) is 37.8 Å². The molecule has 2 rings (SSSR count). The first-order valence-corrected chi connectivity index (χ1v) is 7.20. The molecule has 1 unspecified atom stereocenters. The molecule has 0 bridgehead atoms. The largest absolute Gasteiger partial charge is 0.335 e. The Morgan fingerprint density at radius 3 is 3.06 bits per heavy atom. The van der Waals surface area contributed by atoms with E-state index >= 15 is 0 Å². The molecule has 1 atom stereocenters. The van der Waals surface area contributed by atoms with Crippen molar-refractivity contribution in [2.24, 2.45) is 5.92 Å². The smallest absolute Gasteiger partial charge is 0.275 e. The summed E-state index contributed by atoms with van der Waals surface area (Å²) in [5.74, 6) is 0.466. The molecular formula is C12H20N4OS. The Bertz CT molecular complexity index is 373. The van der Waals surface area contributed by atoms with Crippen LogP contribution in [0.1, 0.15) is 37.2 Å². The minimum absolute atomic E-state index is 0.00569. The second-order valence-corrected chi connectivity index (χ2v) is 5.75. The predicted octanol–water partition coefficient (Wildman–Crippen LogP) is 1.39. The molecular weight excluding hydrogens is 248 g/mol. The Labute approximate surface area is 112 Å². The highest BCUT2D eigenvalue weighted by Crippen LogP contribution is 2.11. The maximum Gasteiger partial charge on any atom is 0.275 e. The number of hydrogen-bond acceptors (Lipinski definition) is 5. The van der Waals surface area contributed by atoms with Crippen LogP contribution in [-0.2, 0) is 0 Å². The summed E-state index contributed by atoms with van der Waals surface area (Å²) in [6.07, 6.45) is 3.91. The molecule has 1 aromatic rings. The molecule has 100 valence electrons. The van der Waals surface area contributed by atoms with Crippen LogP contribution in [0.2, 0.25) is 0 Å². The Morgan fingerprint density at radius 2 is 2.50 bits per heavy atom. The highest BCUT2D eigenvalue weighted by atomic mass is 32.1. The van der Waals surface area contributed by atoms with Gasteiger partial charge in [-0.15, -0.1) is 0 Å². The summed E-state index contributed by atoms with van der Waals surface area (Å²) in [7, 11) is 0. The van der Waals surface area contributed by atoms with Gasteiger partial charge >= 0.3 is 0 Å². The van der Waals surface area contributed by atoms with Crippen molar-refractivity contribution in [3.05, 3.63) is 11.9 Å². The lowest BCUT2D eigenvalue weighted by atomic mass is 10.1. The van der Waals surface area contributed by atoms with Crippen molar-refractivity contribution >= 4 is 17.6 Å². The van der Waals surface area contributed by atoms with E-state index in [2.05, 4.69) is 27.9 Å². The molecule has 1 fully saturated rings. The Kier molecular flexibility index (Phi) is 4.66. The second-order valence-electron chi connectivity index (χ2n) is 5.19. The highest BCUT2D eigenvalue weighted by molar-refractivity contribution is 6.99. The average molecular weight is 268 g/mol. The van der Waals surface area contributed by atoms with Crippen molar-refractivity contribution in [1.29, 1.82) is 0 Å². The van der Waals surface area contributed by atoms with Gasteiger partial charge in [-0.2, -0.15) is 8.75 Å². The first-order chi connectivity index (χ1) is 8.66. The minimum atomic E-state index is 0.00569. The van der Waals surface area contributed by atoms with Crippen LogP contribution < -0.4 is 5.32 Å². The molecule has 2 heterocycles. The van der Waals surface area contributed by atoms with Gasteiger partial charge < -0.3 is 10.2 Å². The normalized spacial score (nSPS) is 19.4. The molecule has 1 aliphatic rings. The number of carbonyl (C=O) groups is 1. The van der Waals surface area contributed by atoms with Crippen molar-refractivity contribution < 1.29 is 4.79 Å². The van der Waals surface area contributed by atoms with Crippen molar-refractivity contribution in [2.45, 2.75) is 32.7 Å². The van der Waals surface area contributed by atoms with Crippen LogP contribution in [0.25, 0.3) is 0 Å². The molecule has 5 nitrogen and oxygen atoms in total. The molecule has 0 aromatic carbocycles. The van der Waals surface area contributed by atoms with E-state index < -0.39 is 0 Å². The number of nitrogens with one attached hydrogen (secondary N) is 1. The summed E-state index contributed by atoms with van der Waals surface area (Å²) in [5.41, 5.74) is 0.471. The zero-order valence-electron chi connectivity index (χ0n) is 10.9. The SMILES string of the molecule is CC(C)CN(CC1CCCN1)C(=O)c1cnsn1. The van der Waals surface area contributed by atoms with Crippen molar-refractivity contribution in [3.8, 4) is 0 Å². The fourth-order valence-corrected chi connectivity index (χ4v) is 2.69. The fraction of sp³-hybridized carbons (Fsp3) is 0.750. The monoisotopic (exact) mass is 268 g/mol. The van der Waals surface area contributed by atoms with Crippen LogP contribution >= 0.6 is 11.7 Å². The molecule has 0 radical (unpaired) electrons. The molecule has 0 saturated carbocycles. The third kappa shape index (κ3) is 3.49. The van der Waals surface area contributed by atoms with Gasteiger partial charge in [-0.3, -0.25) is 4.79 Å². The topological polar surface area (TPSA) is 58.1 Å². The van der Waals surface area contributed by atoms with Crippen LogP contribution in [0.4, 0.5) is 0 Å². The quantitative estimate of drug-likeness (QED) is 0.876. The summed E-state index contributed by atoms with van der Waals surface area (Å²) in [4.78, 5) is 14.2. The van der Waals surface area contributed by atoms with Crippen LogP contribution in [0.5, 0.6) is 0 Å². The highest BCUT2D eigenvalue weighted by Gasteiger charge is 2.24. The van der Waals surface area contributed by atoms with Gasteiger partial charge in [0, 0.05) is 19.1 Å². The molecule has 1 aliphatic heterocycles. The maximum atomic E-state index is 12.3. The summed E-state index contributed by atoms with van der Waals surface area (Å²) < 4.78 is 7.94. The lowest BCUT2D eigenvalue weighted by Crippen LogP contribution is -2.43. The number of amides is 1. The lowest BCUT2D eigenvalue weighted by Gasteiger charge is -2.26. The average Bonchev–Trinajstić information content (AvgIpc) is 2.99. The molecule has 18 heavy (non-hydrogen) atoms. The molecule has 1 N–H and O–H groups in total. The third-order valence-electron chi connectivity index (χ3n) is 3.06. The Balaban J connectivity index is 2.01. The van der Waals surface area contributed by atoms with Gasteiger partial charge in [-0.1, -0.05) is 13.8 Å². The van der Waals surface area contributed by atoms with E-state index in [9.17, 15) is 4.79 Å². The van der Waals surface area contributed by atoms with Gasteiger partial charge in [0.2, 0.25) is 0 Å². The van der Waals surface area contributed by atoms with E-state index in [1.165, 1.54) is 6.42 Å². The zero-order chi connectivity index (χ0) is 13.0. The molecule has 0 aliphatic carbocycles. The third-order valence-corrected chi connectivity index (χ3v) is 3.53. The lowest BCUT2D eigenvalue weighted by molar-refractivity contribution is 0.0716. The molecule has 0 spiro atoms. The van der Waals surface area contributed by atoms with E-state index in [-0.39, 0.29) is 5.91 Å². The van der Waals surface area contributed by atoms with E-state index in [1.807, 2.05) is 4.90 Å².